The number of halogens is 1. The third-order valence-corrected chi connectivity index (χ3v) is 5.65. The van der Waals surface area contributed by atoms with Gasteiger partial charge in [0.1, 0.15) is 5.82 Å². The summed E-state index contributed by atoms with van der Waals surface area (Å²) in [6.45, 7) is 0.446. The van der Waals surface area contributed by atoms with Gasteiger partial charge in [-0.05, 0) is 37.7 Å². The average Bonchev–Trinajstić information content (AvgIpc) is 3.06. The molecule has 1 aromatic carbocycles. The molecule has 1 fully saturated rings. The van der Waals surface area contributed by atoms with Crippen LogP contribution in [0.1, 0.15) is 12.3 Å². The van der Waals surface area contributed by atoms with Crippen molar-refractivity contribution in [3.63, 3.8) is 0 Å². The molecule has 118 valence electrons. The first-order valence-corrected chi connectivity index (χ1v) is 8.86. The lowest BCUT2D eigenvalue weighted by Crippen LogP contribution is -2.32. The van der Waals surface area contributed by atoms with E-state index in [0.29, 0.717) is 24.6 Å². The molecule has 22 heavy (non-hydrogen) atoms. The van der Waals surface area contributed by atoms with Gasteiger partial charge in [-0.25, -0.2) is 17.8 Å². The molecule has 0 saturated carbocycles. The number of aromatic nitrogens is 1. The van der Waals surface area contributed by atoms with Crippen molar-refractivity contribution in [2.45, 2.75) is 19.0 Å². The van der Waals surface area contributed by atoms with Crippen LogP contribution >= 0.6 is 0 Å². The van der Waals surface area contributed by atoms with Crippen molar-refractivity contribution in [2.24, 2.45) is 0 Å². The molecule has 1 aliphatic heterocycles. The van der Waals surface area contributed by atoms with Crippen LogP contribution in [0.25, 0.3) is 11.3 Å². The summed E-state index contributed by atoms with van der Waals surface area (Å²) in [5.74, 6) is 1.22. The smallest absolute Gasteiger partial charge is 0.209 e. The first-order chi connectivity index (χ1) is 10.4. The Hall–Kier alpha value is -1.73. The number of hydrogen-bond acceptors (Lipinski definition) is 5. The minimum absolute atomic E-state index is 0.00571. The summed E-state index contributed by atoms with van der Waals surface area (Å²) in [6, 6.07) is 6.01. The zero-order valence-corrected chi connectivity index (χ0v) is 13.0. The van der Waals surface area contributed by atoms with Crippen LogP contribution in [0.3, 0.4) is 0 Å². The maximum atomic E-state index is 12.9. The molecule has 0 aliphatic carbocycles. The van der Waals surface area contributed by atoms with Gasteiger partial charge in [-0.1, -0.05) is 0 Å². The SMILES string of the molecule is CN(Cc1ncc(-c2ccc(F)cc2)o1)C1CCS(=O)(=O)C1. The maximum Gasteiger partial charge on any atom is 0.209 e. The summed E-state index contributed by atoms with van der Waals surface area (Å²) >= 11 is 0. The fraction of sp³-hybridized carbons (Fsp3) is 0.400. The molecule has 0 N–H and O–H groups in total. The zero-order chi connectivity index (χ0) is 15.7. The quantitative estimate of drug-likeness (QED) is 0.862. The molecule has 3 rings (SSSR count). The highest BCUT2D eigenvalue weighted by atomic mass is 32.2. The Kier molecular flexibility index (Phi) is 4.01. The van der Waals surface area contributed by atoms with E-state index < -0.39 is 9.84 Å². The lowest BCUT2D eigenvalue weighted by atomic mass is 10.2. The lowest BCUT2D eigenvalue weighted by Gasteiger charge is -2.20. The average molecular weight is 324 g/mol. The predicted molar refractivity (Wildman–Crippen MR) is 80.4 cm³/mol. The van der Waals surface area contributed by atoms with Gasteiger partial charge in [-0.2, -0.15) is 0 Å². The minimum atomic E-state index is -2.90. The van der Waals surface area contributed by atoms with Crippen molar-refractivity contribution in [1.29, 1.82) is 0 Å². The summed E-state index contributed by atoms with van der Waals surface area (Å²) < 4.78 is 41.6. The van der Waals surface area contributed by atoms with Gasteiger partial charge in [0.15, 0.2) is 15.6 Å². The number of nitrogens with zero attached hydrogens (tertiary/aromatic N) is 2. The van der Waals surface area contributed by atoms with Crippen LogP contribution < -0.4 is 0 Å². The largest absolute Gasteiger partial charge is 0.439 e. The summed E-state index contributed by atoms with van der Waals surface area (Å²) in [5, 5.41) is 0. The molecule has 0 amide bonds. The Labute approximate surface area is 128 Å². The summed E-state index contributed by atoms with van der Waals surface area (Å²) in [5.41, 5.74) is 0.756. The number of oxazole rings is 1. The molecule has 0 radical (unpaired) electrons. The van der Waals surface area contributed by atoms with Crippen LogP contribution in [0.2, 0.25) is 0 Å². The molecule has 0 bridgehead atoms. The van der Waals surface area contributed by atoms with Gasteiger partial charge >= 0.3 is 0 Å². The maximum absolute atomic E-state index is 12.9. The van der Waals surface area contributed by atoms with Gasteiger partial charge in [0.25, 0.3) is 0 Å². The van der Waals surface area contributed by atoms with Crippen molar-refractivity contribution >= 4 is 9.84 Å². The van der Waals surface area contributed by atoms with E-state index in [2.05, 4.69) is 4.98 Å². The first kappa shape index (κ1) is 15.2. The fourth-order valence-electron chi connectivity index (χ4n) is 2.60. The van der Waals surface area contributed by atoms with E-state index in [1.807, 2.05) is 11.9 Å². The predicted octanol–water partition coefficient (Wildman–Crippen LogP) is 2.10. The van der Waals surface area contributed by atoms with Crippen molar-refractivity contribution in [3.05, 3.63) is 42.2 Å². The minimum Gasteiger partial charge on any atom is -0.439 e. The fourth-order valence-corrected chi connectivity index (χ4v) is 4.40. The van der Waals surface area contributed by atoms with Crippen molar-refractivity contribution in [3.8, 4) is 11.3 Å². The molecule has 1 atom stereocenters. The van der Waals surface area contributed by atoms with E-state index in [9.17, 15) is 12.8 Å². The topological polar surface area (TPSA) is 63.4 Å². The molecule has 2 aromatic rings. The third-order valence-electron chi connectivity index (χ3n) is 3.90. The van der Waals surface area contributed by atoms with Crippen LogP contribution in [0, 0.1) is 5.82 Å². The van der Waals surface area contributed by atoms with E-state index in [-0.39, 0.29) is 23.4 Å². The highest BCUT2D eigenvalue weighted by Gasteiger charge is 2.31. The van der Waals surface area contributed by atoms with E-state index in [1.165, 1.54) is 12.1 Å². The molecule has 7 heteroatoms. The second-order valence-electron chi connectivity index (χ2n) is 5.60. The molecule has 1 aliphatic rings. The van der Waals surface area contributed by atoms with Gasteiger partial charge in [0.2, 0.25) is 5.89 Å². The second kappa shape index (κ2) is 5.81. The Morgan fingerprint density at radius 1 is 1.36 bits per heavy atom. The van der Waals surface area contributed by atoms with Gasteiger partial charge in [-0.15, -0.1) is 0 Å². The Balaban J connectivity index is 1.68. The third kappa shape index (κ3) is 3.36. The van der Waals surface area contributed by atoms with Gasteiger partial charge in [-0.3, -0.25) is 4.90 Å². The Morgan fingerprint density at radius 3 is 2.73 bits per heavy atom. The molecule has 1 aromatic heterocycles. The summed E-state index contributed by atoms with van der Waals surface area (Å²) in [6.07, 6.45) is 2.24. The number of sulfone groups is 1. The van der Waals surface area contributed by atoms with Gasteiger partial charge in [0, 0.05) is 11.6 Å². The normalized spacial score (nSPS) is 20.6. The van der Waals surface area contributed by atoms with Crippen LogP contribution in [0.5, 0.6) is 0 Å². The van der Waals surface area contributed by atoms with E-state index >= 15 is 0 Å². The highest BCUT2D eigenvalue weighted by Crippen LogP contribution is 2.23. The van der Waals surface area contributed by atoms with Crippen molar-refractivity contribution in [2.75, 3.05) is 18.6 Å². The molecular weight excluding hydrogens is 307 g/mol. The van der Waals surface area contributed by atoms with E-state index in [0.717, 1.165) is 5.56 Å². The highest BCUT2D eigenvalue weighted by molar-refractivity contribution is 7.91. The molecule has 0 spiro atoms. The molecular formula is C15H17FN2O3S. The number of hydrogen-bond donors (Lipinski definition) is 0. The standard InChI is InChI=1S/C15H17FN2O3S/c1-18(13-6-7-22(19,20)10-13)9-15-17-8-14(21-15)11-2-4-12(16)5-3-11/h2-5,8,13H,6-7,9-10H2,1H3. The second-order valence-corrected chi connectivity index (χ2v) is 7.83. The first-order valence-electron chi connectivity index (χ1n) is 7.04. The molecule has 2 heterocycles. The van der Waals surface area contributed by atoms with Gasteiger partial charge in [0.05, 0.1) is 24.2 Å². The van der Waals surface area contributed by atoms with Crippen LogP contribution in [-0.2, 0) is 16.4 Å². The molecule has 1 saturated heterocycles. The summed E-state index contributed by atoms with van der Waals surface area (Å²) in [7, 11) is -1.03. The molecule has 5 nitrogen and oxygen atoms in total. The number of rotatable bonds is 4. The monoisotopic (exact) mass is 324 g/mol. The molecule has 1 unspecified atom stereocenters. The zero-order valence-electron chi connectivity index (χ0n) is 12.2. The van der Waals surface area contributed by atoms with Crippen molar-refractivity contribution < 1.29 is 17.2 Å². The Bertz CT molecular complexity index is 755. The summed E-state index contributed by atoms with van der Waals surface area (Å²) in [4.78, 5) is 6.16. The number of benzene rings is 1. The van der Waals surface area contributed by atoms with Gasteiger partial charge < -0.3 is 4.42 Å². The van der Waals surface area contributed by atoms with Crippen LogP contribution in [0.15, 0.2) is 34.9 Å². The van der Waals surface area contributed by atoms with Crippen LogP contribution in [-0.4, -0.2) is 42.9 Å². The van der Waals surface area contributed by atoms with E-state index in [1.54, 1.807) is 18.3 Å². The Morgan fingerprint density at radius 2 is 2.09 bits per heavy atom. The lowest BCUT2D eigenvalue weighted by molar-refractivity contribution is 0.230. The van der Waals surface area contributed by atoms with E-state index in [4.69, 9.17) is 4.42 Å². The van der Waals surface area contributed by atoms with Crippen molar-refractivity contribution in [1.82, 2.24) is 9.88 Å². The van der Waals surface area contributed by atoms with Crippen LogP contribution in [0.4, 0.5) is 4.39 Å².